The zero-order chi connectivity index (χ0) is 26.8. The molecule has 3 aromatic rings. The van der Waals surface area contributed by atoms with Gasteiger partial charge in [0.1, 0.15) is 12.1 Å². The molecule has 3 rings (SSSR count). The summed E-state index contributed by atoms with van der Waals surface area (Å²) in [5.74, 6) is -4.12. The third kappa shape index (κ3) is 8.50. The number of amides is 2. The van der Waals surface area contributed by atoms with Gasteiger partial charge in [0.25, 0.3) is 0 Å². The fraction of sp³-hybridized carbons (Fsp3) is 0.214. The zero-order valence-electron chi connectivity index (χ0n) is 19.9. The van der Waals surface area contributed by atoms with Crippen LogP contribution < -0.4 is 10.6 Å². The molecule has 0 fully saturated rings. The predicted octanol–water partition coefficient (Wildman–Crippen LogP) is 2.97. The molecule has 0 saturated carbocycles. The molecule has 0 aromatic heterocycles. The van der Waals surface area contributed by atoms with E-state index in [0.717, 1.165) is 16.7 Å². The number of hydrogen-bond acceptors (Lipinski definition) is 5. The van der Waals surface area contributed by atoms with Crippen LogP contribution in [0, 0.1) is 0 Å². The first-order valence-corrected chi connectivity index (χ1v) is 12.2. The van der Waals surface area contributed by atoms with Crippen molar-refractivity contribution in [1.82, 2.24) is 10.6 Å². The first-order valence-electron chi connectivity index (χ1n) is 11.6. The zero-order valence-corrected chi connectivity index (χ0v) is 20.8. The lowest BCUT2D eigenvalue weighted by atomic mass is 10.0. The van der Waals surface area contributed by atoms with Crippen molar-refractivity contribution in [2.75, 3.05) is 0 Å². The van der Waals surface area contributed by atoms with Crippen molar-refractivity contribution < 1.29 is 29.4 Å². The van der Waals surface area contributed by atoms with E-state index >= 15 is 0 Å². The molecule has 4 N–H and O–H groups in total. The van der Waals surface area contributed by atoms with Crippen LogP contribution in [0.25, 0.3) is 11.1 Å². The molecule has 0 aliphatic carbocycles. The fourth-order valence-corrected chi connectivity index (χ4v) is 4.04. The van der Waals surface area contributed by atoms with E-state index in [2.05, 4.69) is 23.3 Å². The SMILES string of the molecule is O=C(O)C[C@H](NC(=O)[C@@H](S)Cc1ccccc1)C(=O)N[C@@H](Cc1ccc(-c2ccccc2)cc1)C(=O)O. The topological polar surface area (TPSA) is 133 Å². The summed E-state index contributed by atoms with van der Waals surface area (Å²) >= 11 is 4.29. The molecule has 0 bridgehead atoms. The summed E-state index contributed by atoms with van der Waals surface area (Å²) in [7, 11) is 0. The van der Waals surface area contributed by atoms with Crippen molar-refractivity contribution in [3.05, 3.63) is 96.1 Å². The Hall–Kier alpha value is -4.11. The third-order valence-electron chi connectivity index (χ3n) is 5.70. The first-order chi connectivity index (χ1) is 17.7. The van der Waals surface area contributed by atoms with Gasteiger partial charge in [-0.25, -0.2) is 4.79 Å². The fourth-order valence-electron chi connectivity index (χ4n) is 3.75. The third-order valence-corrected chi connectivity index (χ3v) is 6.12. The highest BCUT2D eigenvalue weighted by Gasteiger charge is 2.30. The maximum atomic E-state index is 12.9. The summed E-state index contributed by atoms with van der Waals surface area (Å²) in [4.78, 5) is 48.7. The second-order valence-electron chi connectivity index (χ2n) is 8.53. The molecule has 3 atom stereocenters. The van der Waals surface area contributed by atoms with Gasteiger partial charge in [0.05, 0.1) is 11.7 Å². The van der Waals surface area contributed by atoms with Gasteiger partial charge in [-0.15, -0.1) is 0 Å². The standard InChI is InChI=1S/C28H28N2O6S/c31-25(32)17-22(29-27(34)24(37)16-18-7-3-1-4-8-18)26(33)30-23(28(35)36)15-19-11-13-21(14-12-19)20-9-5-2-6-10-20/h1-14,22-24,37H,15-17H2,(H,29,34)(H,30,33)(H,31,32)(H,35,36)/t22-,23-,24-/m0/s1. The van der Waals surface area contributed by atoms with Crippen LogP contribution in [0.5, 0.6) is 0 Å². The van der Waals surface area contributed by atoms with E-state index in [-0.39, 0.29) is 12.8 Å². The van der Waals surface area contributed by atoms with Gasteiger partial charge >= 0.3 is 11.9 Å². The van der Waals surface area contributed by atoms with Crippen LogP contribution in [0.3, 0.4) is 0 Å². The molecule has 3 aromatic carbocycles. The van der Waals surface area contributed by atoms with Gasteiger partial charge in [-0.2, -0.15) is 12.6 Å². The maximum Gasteiger partial charge on any atom is 0.326 e. The molecule has 0 heterocycles. The lowest BCUT2D eigenvalue weighted by Gasteiger charge is -2.22. The molecular formula is C28H28N2O6S. The Morgan fingerprint density at radius 3 is 1.73 bits per heavy atom. The summed E-state index contributed by atoms with van der Waals surface area (Å²) in [5, 5.41) is 22.9. The van der Waals surface area contributed by atoms with Crippen molar-refractivity contribution in [1.29, 1.82) is 0 Å². The molecule has 0 saturated heterocycles. The second kappa shape index (κ2) is 13.3. The maximum absolute atomic E-state index is 12.9. The number of rotatable bonds is 12. The van der Waals surface area contributed by atoms with Crippen LogP contribution in [0.4, 0.5) is 0 Å². The summed E-state index contributed by atoms with van der Waals surface area (Å²) in [6.07, 6.45) is -0.456. The van der Waals surface area contributed by atoms with Gasteiger partial charge in [0.2, 0.25) is 11.8 Å². The predicted molar refractivity (Wildman–Crippen MR) is 142 cm³/mol. The van der Waals surface area contributed by atoms with Gasteiger partial charge < -0.3 is 20.8 Å². The number of thiol groups is 1. The first kappa shape index (κ1) is 27.5. The van der Waals surface area contributed by atoms with E-state index in [1.165, 1.54) is 0 Å². The monoisotopic (exact) mass is 520 g/mol. The number of aliphatic carboxylic acids is 2. The number of carboxylic acids is 2. The minimum absolute atomic E-state index is 0.0208. The highest BCUT2D eigenvalue weighted by Crippen LogP contribution is 2.20. The summed E-state index contributed by atoms with van der Waals surface area (Å²) in [5.41, 5.74) is 3.49. The Labute approximate surface area is 220 Å². The quantitative estimate of drug-likeness (QED) is 0.233. The number of nitrogens with one attached hydrogen (secondary N) is 2. The summed E-state index contributed by atoms with van der Waals surface area (Å²) in [6.45, 7) is 0. The molecule has 8 nitrogen and oxygen atoms in total. The van der Waals surface area contributed by atoms with E-state index in [0.29, 0.717) is 5.56 Å². The van der Waals surface area contributed by atoms with Gasteiger partial charge in [0, 0.05) is 6.42 Å². The van der Waals surface area contributed by atoms with Crippen LogP contribution in [0.15, 0.2) is 84.9 Å². The van der Waals surface area contributed by atoms with E-state index in [9.17, 15) is 29.4 Å². The minimum Gasteiger partial charge on any atom is -0.481 e. The molecule has 192 valence electrons. The van der Waals surface area contributed by atoms with Crippen LogP contribution in [-0.4, -0.2) is 51.3 Å². The molecule has 0 spiro atoms. The highest BCUT2D eigenvalue weighted by atomic mass is 32.1. The molecule has 0 aliphatic heterocycles. The minimum atomic E-state index is -1.46. The van der Waals surface area contributed by atoms with Gasteiger partial charge in [-0.3, -0.25) is 14.4 Å². The molecule has 37 heavy (non-hydrogen) atoms. The number of carbonyl (C=O) groups excluding carboxylic acids is 2. The molecular weight excluding hydrogens is 492 g/mol. The molecule has 0 unspecified atom stereocenters. The van der Waals surface area contributed by atoms with Crippen LogP contribution in [0.2, 0.25) is 0 Å². The van der Waals surface area contributed by atoms with Crippen LogP contribution >= 0.6 is 12.6 Å². The Kier molecular flexibility index (Phi) is 9.85. The van der Waals surface area contributed by atoms with E-state index in [4.69, 9.17) is 0 Å². The Balaban J connectivity index is 1.65. The molecule has 9 heteroatoms. The van der Waals surface area contributed by atoms with Crippen molar-refractivity contribution in [2.45, 2.75) is 36.6 Å². The second-order valence-corrected chi connectivity index (χ2v) is 9.15. The number of hydrogen-bond donors (Lipinski definition) is 5. The summed E-state index contributed by atoms with van der Waals surface area (Å²) < 4.78 is 0. The summed E-state index contributed by atoms with van der Waals surface area (Å²) in [6, 6.07) is 23.3. The van der Waals surface area contributed by atoms with E-state index in [1.54, 1.807) is 12.1 Å². The van der Waals surface area contributed by atoms with Crippen LogP contribution in [0.1, 0.15) is 17.5 Å². The lowest BCUT2D eigenvalue weighted by Crippen LogP contribution is -2.54. The number of carboxylic acid groups (broad SMARTS) is 2. The van der Waals surface area contributed by atoms with Gasteiger partial charge in [-0.1, -0.05) is 84.9 Å². The Bertz CT molecular complexity index is 1220. The van der Waals surface area contributed by atoms with E-state index in [1.807, 2.05) is 72.8 Å². The largest absolute Gasteiger partial charge is 0.481 e. The van der Waals surface area contributed by atoms with Crippen molar-refractivity contribution in [2.24, 2.45) is 0 Å². The lowest BCUT2D eigenvalue weighted by molar-refractivity contribution is -0.143. The van der Waals surface area contributed by atoms with Crippen LogP contribution in [-0.2, 0) is 32.0 Å². The molecule has 2 amide bonds. The van der Waals surface area contributed by atoms with E-state index < -0.39 is 47.5 Å². The number of benzene rings is 3. The molecule has 0 aliphatic rings. The number of carbonyl (C=O) groups is 4. The van der Waals surface area contributed by atoms with Gasteiger partial charge in [0.15, 0.2) is 0 Å². The Morgan fingerprint density at radius 1 is 0.649 bits per heavy atom. The van der Waals surface area contributed by atoms with Crippen molar-refractivity contribution in [3.63, 3.8) is 0 Å². The highest BCUT2D eigenvalue weighted by molar-refractivity contribution is 7.81. The average molecular weight is 521 g/mol. The van der Waals surface area contributed by atoms with Gasteiger partial charge in [-0.05, 0) is 28.7 Å². The average Bonchev–Trinajstić information content (AvgIpc) is 2.89. The normalized spacial score (nSPS) is 13.1. The van der Waals surface area contributed by atoms with Crippen molar-refractivity contribution in [3.8, 4) is 11.1 Å². The van der Waals surface area contributed by atoms with Crippen molar-refractivity contribution >= 4 is 36.4 Å². The molecule has 0 radical (unpaired) electrons. The smallest absolute Gasteiger partial charge is 0.326 e. The Morgan fingerprint density at radius 2 is 1.16 bits per heavy atom.